The molecule has 0 bridgehead atoms. The van der Waals surface area contributed by atoms with Gasteiger partial charge in [-0.15, -0.1) is 0 Å². The quantitative estimate of drug-likeness (QED) is 0.142. The van der Waals surface area contributed by atoms with Crippen molar-refractivity contribution >= 4 is 51.7 Å². The van der Waals surface area contributed by atoms with Gasteiger partial charge in [-0.1, -0.05) is 48.5 Å². The van der Waals surface area contributed by atoms with Crippen LogP contribution in [0.1, 0.15) is 68.6 Å². The van der Waals surface area contributed by atoms with E-state index in [1.165, 1.54) is 27.8 Å². The number of fused-ring (bicyclic) bond motifs is 2. The highest BCUT2D eigenvalue weighted by molar-refractivity contribution is 6.28. The second-order valence-electron chi connectivity index (χ2n) is 13.9. The molecule has 0 spiro atoms. The SMILES string of the molecule is Cc1cc2c(cc1C)N=C(c1cccc(Cc3ccccn3)c1)CC(=O)C2.Cc1cc2c(cc1C)N=C(c1cccc(N)c1)CC(=O)C2.Clc1ncccn1. The number of nitrogen functional groups attached to an aromatic ring is 1. The molecule has 2 aromatic heterocycles. The van der Waals surface area contributed by atoms with Gasteiger partial charge in [0, 0.05) is 62.1 Å². The minimum Gasteiger partial charge on any atom is -0.399 e. The number of Topliss-reactive ketones (excluding diaryl/α,β-unsaturated/α-hetero) is 2. The number of nitrogens with zero attached hydrogens (tertiary/aromatic N) is 5. The van der Waals surface area contributed by atoms with E-state index in [2.05, 4.69) is 79.0 Å². The summed E-state index contributed by atoms with van der Waals surface area (Å²) in [5.74, 6) is 0.407. The number of carbonyl (C=O) groups excluding carboxylic acids is 2. The number of halogens is 1. The molecule has 2 N–H and O–H groups in total. The molecule has 4 heterocycles. The van der Waals surface area contributed by atoms with E-state index < -0.39 is 0 Å². The predicted octanol–water partition coefficient (Wildman–Crippen LogP) is 9.58. The maximum atomic E-state index is 12.5. The first-order valence-corrected chi connectivity index (χ1v) is 18.5. The fraction of sp³-hybridized carbons (Fsp3) is 0.196. The predicted molar refractivity (Wildman–Crippen MR) is 222 cm³/mol. The van der Waals surface area contributed by atoms with Crippen LogP contribution in [0.4, 0.5) is 17.1 Å². The molecule has 0 fully saturated rings. The number of ketones is 2. The molecule has 0 atom stereocenters. The number of pyridine rings is 1. The van der Waals surface area contributed by atoms with Crippen LogP contribution < -0.4 is 5.73 Å². The van der Waals surface area contributed by atoms with Crippen LogP contribution in [-0.4, -0.2) is 37.9 Å². The van der Waals surface area contributed by atoms with Crippen LogP contribution >= 0.6 is 11.6 Å². The average Bonchev–Trinajstić information content (AvgIpc) is 3.43. The van der Waals surface area contributed by atoms with Gasteiger partial charge >= 0.3 is 0 Å². The van der Waals surface area contributed by atoms with E-state index in [0.717, 1.165) is 57.2 Å². The van der Waals surface area contributed by atoms with Gasteiger partial charge in [0.05, 0.1) is 22.8 Å². The number of benzene rings is 4. The molecule has 8 nitrogen and oxygen atoms in total. The Bertz CT molecular complexity index is 2410. The molecule has 0 aliphatic carbocycles. The van der Waals surface area contributed by atoms with Gasteiger partial charge in [0.25, 0.3) is 0 Å². The maximum Gasteiger partial charge on any atom is 0.222 e. The third-order valence-electron chi connectivity index (χ3n) is 9.53. The zero-order valence-corrected chi connectivity index (χ0v) is 32.3. The number of aryl methyl sites for hydroxylation is 4. The lowest BCUT2D eigenvalue weighted by Crippen LogP contribution is -2.09. The summed E-state index contributed by atoms with van der Waals surface area (Å²) in [6, 6.07) is 31.9. The number of carbonyl (C=O) groups is 2. The lowest BCUT2D eigenvalue weighted by molar-refractivity contribution is -0.118. The number of aromatic nitrogens is 3. The van der Waals surface area contributed by atoms with Crippen LogP contribution in [0.5, 0.6) is 0 Å². The average molecular weight is 747 g/mol. The normalized spacial score (nSPS) is 13.3. The van der Waals surface area contributed by atoms with Crippen molar-refractivity contribution < 1.29 is 9.59 Å². The van der Waals surface area contributed by atoms with Gasteiger partial charge in [0.15, 0.2) is 0 Å². The number of aliphatic imine (C=N–C) groups is 2. The number of nitrogens with two attached hydrogens (primary N) is 1. The molecule has 55 heavy (non-hydrogen) atoms. The van der Waals surface area contributed by atoms with Crippen LogP contribution in [0, 0.1) is 27.7 Å². The van der Waals surface area contributed by atoms with Crippen molar-refractivity contribution in [3.8, 4) is 0 Å². The van der Waals surface area contributed by atoms with Gasteiger partial charge in [-0.25, -0.2) is 9.97 Å². The first-order valence-electron chi connectivity index (χ1n) is 18.2. The Hall–Kier alpha value is -6.12. The fourth-order valence-corrected chi connectivity index (χ4v) is 6.52. The molecular formula is C46H43ClN6O2. The number of rotatable bonds is 4. The van der Waals surface area contributed by atoms with Crippen LogP contribution in [0.2, 0.25) is 5.28 Å². The highest BCUT2D eigenvalue weighted by atomic mass is 35.5. The van der Waals surface area contributed by atoms with E-state index in [9.17, 15) is 9.59 Å². The summed E-state index contributed by atoms with van der Waals surface area (Å²) >= 11 is 5.32. The number of hydrogen-bond donors (Lipinski definition) is 1. The van der Waals surface area contributed by atoms with Crippen LogP contribution in [0.15, 0.2) is 126 Å². The van der Waals surface area contributed by atoms with Crippen molar-refractivity contribution in [2.24, 2.45) is 9.98 Å². The van der Waals surface area contributed by atoms with Crippen molar-refractivity contribution in [1.82, 2.24) is 15.0 Å². The minimum atomic E-state index is 0.193. The van der Waals surface area contributed by atoms with E-state index in [4.69, 9.17) is 27.3 Å². The summed E-state index contributed by atoms with van der Waals surface area (Å²) in [5.41, 5.74) is 21.0. The number of hydrogen-bond acceptors (Lipinski definition) is 8. The van der Waals surface area contributed by atoms with Gasteiger partial charge in [-0.3, -0.25) is 24.6 Å². The van der Waals surface area contributed by atoms with Gasteiger partial charge in [-0.05, 0) is 138 Å². The van der Waals surface area contributed by atoms with E-state index in [-0.39, 0.29) is 11.6 Å². The van der Waals surface area contributed by atoms with Crippen LogP contribution in [0.25, 0.3) is 0 Å². The summed E-state index contributed by atoms with van der Waals surface area (Å²) in [4.78, 5) is 46.0. The Kier molecular flexibility index (Phi) is 12.5. The van der Waals surface area contributed by atoms with E-state index in [1.807, 2.05) is 60.8 Å². The summed E-state index contributed by atoms with van der Waals surface area (Å²) in [6.07, 6.45) is 7.41. The molecule has 0 amide bonds. The Morgan fingerprint density at radius 2 is 1.09 bits per heavy atom. The van der Waals surface area contributed by atoms with Crippen molar-refractivity contribution in [3.05, 3.63) is 177 Å². The first-order chi connectivity index (χ1) is 26.5. The molecule has 0 saturated carbocycles. The zero-order chi connectivity index (χ0) is 38.9. The molecule has 9 heteroatoms. The Balaban J connectivity index is 0.000000162. The summed E-state index contributed by atoms with van der Waals surface area (Å²) in [6.45, 7) is 8.30. The molecule has 0 unspecified atom stereocenters. The third-order valence-corrected chi connectivity index (χ3v) is 9.73. The van der Waals surface area contributed by atoms with Crippen LogP contribution in [-0.2, 0) is 28.9 Å². The maximum absolute atomic E-state index is 12.5. The topological polar surface area (TPSA) is 124 Å². The molecule has 4 aromatic carbocycles. The molecular weight excluding hydrogens is 704 g/mol. The monoisotopic (exact) mass is 746 g/mol. The molecule has 8 rings (SSSR count). The highest BCUT2D eigenvalue weighted by Gasteiger charge is 2.20. The summed E-state index contributed by atoms with van der Waals surface area (Å²) in [7, 11) is 0. The standard InChI is InChI=1S/C24H22N2O.C18H18N2O.C4H3ClN2/c1-16-10-20-14-22(27)15-24(26-23(20)11-17(16)2)19-7-5-6-18(12-19)13-21-8-3-4-9-25-21;1-11-6-14-9-16(21)10-18(20-17(14)7-12(11)2)13-4-3-5-15(19)8-13;5-4-6-2-1-3-7-4/h3-12H,13-15H2,1-2H3;3-8H,9-10,19H2,1-2H3;1-3H. The summed E-state index contributed by atoms with van der Waals surface area (Å²) in [5, 5.41) is 0.294. The van der Waals surface area contributed by atoms with Gasteiger partial charge in [-0.2, -0.15) is 0 Å². The second-order valence-corrected chi connectivity index (χ2v) is 14.2. The molecule has 6 aromatic rings. The van der Waals surface area contributed by atoms with Crippen molar-refractivity contribution in [3.63, 3.8) is 0 Å². The second kappa shape index (κ2) is 17.8. The molecule has 2 aliphatic rings. The Labute approximate surface area is 327 Å². The largest absolute Gasteiger partial charge is 0.399 e. The summed E-state index contributed by atoms with van der Waals surface area (Å²) < 4.78 is 0. The molecule has 2 aliphatic heterocycles. The minimum absolute atomic E-state index is 0.193. The van der Waals surface area contributed by atoms with Gasteiger partial charge in [0.1, 0.15) is 11.6 Å². The Morgan fingerprint density at radius 1 is 0.564 bits per heavy atom. The molecule has 0 saturated heterocycles. The zero-order valence-electron chi connectivity index (χ0n) is 31.5. The van der Waals surface area contributed by atoms with E-state index in [0.29, 0.717) is 36.7 Å². The first kappa shape index (κ1) is 38.6. The van der Waals surface area contributed by atoms with Crippen molar-refractivity contribution in [1.29, 1.82) is 0 Å². The third kappa shape index (κ3) is 10.5. The van der Waals surface area contributed by atoms with Gasteiger partial charge < -0.3 is 5.73 Å². The van der Waals surface area contributed by atoms with E-state index >= 15 is 0 Å². The lowest BCUT2D eigenvalue weighted by Gasteiger charge is -2.08. The lowest BCUT2D eigenvalue weighted by atomic mass is 9.98. The Morgan fingerprint density at radius 3 is 1.60 bits per heavy atom. The number of anilines is 1. The van der Waals surface area contributed by atoms with Crippen molar-refractivity contribution in [2.75, 3.05) is 5.73 Å². The fourth-order valence-electron chi connectivity index (χ4n) is 6.41. The smallest absolute Gasteiger partial charge is 0.222 e. The molecule has 0 radical (unpaired) electrons. The molecule has 276 valence electrons. The van der Waals surface area contributed by atoms with E-state index in [1.54, 1.807) is 18.5 Å². The highest BCUT2D eigenvalue weighted by Crippen LogP contribution is 2.30. The van der Waals surface area contributed by atoms with Gasteiger partial charge in [0.2, 0.25) is 5.28 Å². The van der Waals surface area contributed by atoms with Crippen molar-refractivity contribution in [2.45, 2.75) is 59.8 Å². The van der Waals surface area contributed by atoms with Crippen LogP contribution in [0.3, 0.4) is 0 Å².